The Kier molecular flexibility index (Phi) is 8.07. The zero-order valence-corrected chi connectivity index (χ0v) is 17.1. The van der Waals surface area contributed by atoms with Crippen LogP contribution in [0.1, 0.15) is 92.4 Å². The summed E-state index contributed by atoms with van der Waals surface area (Å²) in [4.78, 5) is 0. The van der Waals surface area contributed by atoms with Gasteiger partial charge in [0.25, 0.3) is 0 Å². The Labute approximate surface area is 151 Å². The van der Waals surface area contributed by atoms with Crippen LogP contribution in [0.15, 0.2) is 0 Å². The van der Waals surface area contributed by atoms with Crippen LogP contribution in [0.5, 0.6) is 0 Å². The molecule has 0 aromatic rings. The lowest BCUT2D eigenvalue weighted by Gasteiger charge is -2.40. The topological polar surface area (TPSA) is 21.3 Å². The quantitative estimate of drug-likeness (QED) is 0.604. The zero-order chi connectivity index (χ0) is 17.6. The molecule has 2 aliphatic rings. The summed E-state index contributed by atoms with van der Waals surface area (Å²) in [5.41, 5.74) is 0.0892. The first-order chi connectivity index (χ1) is 11.4. The van der Waals surface area contributed by atoms with Crippen molar-refractivity contribution >= 4 is 0 Å². The fraction of sp³-hybridized carbons (Fsp3) is 1.00. The van der Waals surface area contributed by atoms with Crippen LogP contribution < -0.4 is 5.32 Å². The number of ether oxygens (including phenoxy) is 1. The smallest absolute Gasteiger partial charge is 0.0629 e. The highest BCUT2D eigenvalue weighted by Crippen LogP contribution is 2.37. The minimum Gasteiger partial charge on any atom is -0.376 e. The molecule has 0 unspecified atom stereocenters. The van der Waals surface area contributed by atoms with Gasteiger partial charge in [-0.2, -0.15) is 0 Å². The van der Waals surface area contributed by atoms with Crippen LogP contribution >= 0.6 is 0 Å². The Balaban J connectivity index is 1.79. The van der Waals surface area contributed by atoms with Crippen molar-refractivity contribution in [2.45, 2.75) is 104 Å². The first-order valence-electron chi connectivity index (χ1n) is 10.7. The van der Waals surface area contributed by atoms with Crippen molar-refractivity contribution in [2.24, 2.45) is 23.7 Å². The number of hydrogen-bond donors (Lipinski definition) is 1. The summed E-state index contributed by atoms with van der Waals surface area (Å²) in [6, 6.07) is 0.790. The highest BCUT2D eigenvalue weighted by atomic mass is 16.5. The minimum atomic E-state index is 0.0892. The third-order valence-electron chi connectivity index (χ3n) is 6.48. The van der Waals surface area contributed by atoms with Crippen LogP contribution in [-0.2, 0) is 4.74 Å². The third-order valence-corrected chi connectivity index (χ3v) is 6.48. The summed E-state index contributed by atoms with van der Waals surface area (Å²) in [7, 11) is 0. The van der Waals surface area contributed by atoms with Gasteiger partial charge in [0.05, 0.1) is 5.60 Å². The second-order valence-corrected chi connectivity index (χ2v) is 9.79. The largest absolute Gasteiger partial charge is 0.376 e. The summed E-state index contributed by atoms with van der Waals surface area (Å²) in [5, 5.41) is 3.89. The molecule has 0 bridgehead atoms. The predicted molar refractivity (Wildman–Crippen MR) is 104 cm³/mol. The van der Waals surface area contributed by atoms with Gasteiger partial charge in [-0.25, -0.2) is 0 Å². The van der Waals surface area contributed by atoms with Gasteiger partial charge in [-0.05, 0) is 95.4 Å². The maximum Gasteiger partial charge on any atom is 0.0629 e. The highest BCUT2D eigenvalue weighted by molar-refractivity contribution is 4.84. The molecule has 2 fully saturated rings. The van der Waals surface area contributed by atoms with E-state index in [0.29, 0.717) is 0 Å². The van der Waals surface area contributed by atoms with Crippen LogP contribution in [0.25, 0.3) is 0 Å². The van der Waals surface area contributed by atoms with Gasteiger partial charge in [-0.3, -0.25) is 0 Å². The molecule has 2 nitrogen and oxygen atoms in total. The number of nitrogens with one attached hydrogen (secondary N) is 1. The van der Waals surface area contributed by atoms with Crippen LogP contribution in [-0.4, -0.2) is 24.8 Å². The monoisotopic (exact) mass is 337 g/mol. The summed E-state index contributed by atoms with van der Waals surface area (Å²) in [6.45, 7) is 13.9. The van der Waals surface area contributed by atoms with Crippen LogP contribution in [0.2, 0.25) is 0 Å². The predicted octanol–water partition coefficient (Wildman–Crippen LogP) is 5.80. The van der Waals surface area contributed by atoms with E-state index in [-0.39, 0.29) is 5.60 Å². The Morgan fingerprint density at radius 3 is 2.33 bits per heavy atom. The summed E-state index contributed by atoms with van der Waals surface area (Å²) >= 11 is 0. The third kappa shape index (κ3) is 7.04. The summed E-state index contributed by atoms with van der Waals surface area (Å²) < 4.78 is 5.97. The molecule has 2 heteroatoms. The molecule has 1 aliphatic carbocycles. The molecule has 0 spiro atoms. The van der Waals surface area contributed by atoms with Gasteiger partial charge >= 0.3 is 0 Å². The Hall–Kier alpha value is -0.0800. The fourth-order valence-corrected chi connectivity index (χ4v) is 4.78. The molecule has 1 aliphatic heterocycles. The molecule has 0 aromatic heterocycles. The molecule has 24 heavy (non-hydrogen) atoms. The normalized spacial score (nSPS) is 32.0. The maximum absolute atomic E-state index is 5.97. The van der Waals surface area contributed by atoms with Crippen LogP contribution in [0.4, 0.5) is 0 Å². The molecule has 1 heterocycles. The molecule has 0 radical (unpaired) electrons. The van der Waals surface area contributed by atoms with Gasteiger partial charge < -0.3 is 10.1 Å². The van der Waals surface area contributed by atoms with E-state index < -0.39 is 0 Å². The molecule has 142 valence electrons. The molecular weight excluding hydrogens is 294 g/mol. The van der Waals surface area contributed by atoms with Crippen molar-refractivity contribution in [1.29, 1.82) is 0 Å². The number of hydrogen-bond acceptors (Lipinski definition) is 2. The lowest BCUT2D eigenvalue weighted by Crippen LogP contribution is -2.38. The van der Waals surface area contributed by atoms with Crippen molar-refractivity contribution in [3.8, 4) is 0 Å². The Bertz CT molecular complexity index is 344. The van der Waals surface area contributed by atoms with Crippen LogP contribution in [0, 0.1) is 23.7 Å². The van der Waals surface area contributed by atoms with Gasteiger partial charge in [0.1, 0.15) is 0 Å². The van der Waals surface area contributed by atoms with E-state index in [1.54, 1.807) is 0 Å². The van der Waals surface area contributed by atoms with Gasteiger partial charge in [-0.1, -0.05) is 27.2 Å². The van der Waals surface area contributed by atoms with Crippen molar-refractivity contribution in [1.82, 2.24) is 5.32 Å². The molecule has 0 aromatic carbocycles. The van der Waals surface area contributed by atoms with E-state index in [1.165, 1.54) is 64.3 Å². The summed E-state index contributed by atoms with van der Waals surface area (Å²) in [6.07, 6.45) is 12.3. The van der Waals surface area contributed by atoms with E-state index in [1.807, 2.05) is 0 Å². The van der Waals surface area contributed by atoms with E-state index in [2.05, 4.69) is 39.9 Å². The van der Waals surface area contributed by atoms with Crippen LogP contribution in [0.3, 0.4) is 0 Å². The highest BCUT2D eigenvalue weighted by Gasteiger charge is 2.33. The molecule has 1 N–H and O–H groups in total. The standard InChI is InChI=1S/C22H43NO/c1-17(2)6-9-19(20-13-15-24-22(4,5)16-20)12-14-23-21-10-7-18(3)8-11-21/h17-21,23H,6-16H2,1-5H3/t18?,19-,20-,21?/m0/s1. The van der Waals surface area contributed by atoms with Gasteiger partial charge in [-0.15, -0.1) is 0 Å². The maximum atomic E-state index is 5.97. The lowest BCUT2D eigenvalue weighted by atomic mass is 9.75. The SMILES string of the molecule is CC(C)CC[C@@H](CCNC1CCC(C)CC1)[C@H]1CCOC(C)(C)C1. The van der Waals surface area contributed by atoms with E-state index in [9.17, 15) is 0 Å². The molecule has 2 atom stereocenters. The van der Waals surface area contributed by atoms with E-state index in [0.717, 1.165) is 36.3 Å². The Morgan fingerprint density at radius 2 is 1.71 bits per heavy atom. The van der Waals surface area contributed by atoms with Gasteiger partial charge in [0.2, 0.25) is 0 Å². The first-order valence-corrected chi connectivity index (χ1v) is 10.7. The molecule has 1 saturated carbocycles. The summed E-state index contributed by atoms with van der Waals surface area (Å²) in [5.74, 6) is 3.52. The Morgan fingerprint density at radius 1 is 1.00 bits per heavy atom. The second-order valence-electron chi connectivity index (χ2n) is 9.79. The zero-order valence-electron chi connectivity index (χ0n) is 17.1. The van der Waals surface area contributed by atoms with Crippen molar-refractivity contribution in [3.05, 3.63) is 0 Å². The van der Waals surface area contributed by atoms with Gasteiger partial charge in [0, 0.05) is 12.6 Å². The van der Waals surface area contributed by atoms with Crippen molar-refractivity contribution in [3.63, 3.8) is 0 Å². The second kappa shape index (κ2) is 9.57. The lowest BCUT2D eigenvalue weighted by molar-refractivity contribution is -0.0840. The van der Waals surface area contributed by atoms with E-state index >= 15 is 0 Å². The van der Waals surface area contributed by atoms with E-state index in [4.69, 9.17) is 4.74 Å². The number of rotatable bonds is 8. The van der Waals surface area contributed by atoms with Gasteiger partial charge in [0.15, 0.2) is 0 Å². The average Bonchev–Trinajstić information content (AvgIpc) is 2.51. The molecular formula is C22H43NO. The average molecular weight is 338 g/mol. The molecule has 0 amide bonds. The van der Waals surface area contributed by atoms with Crippen molar-refractivity contribution < 1.29 is 4.74 Å². The first kappa shape index (κ1) is 20.2. The molecule has 2 rings (SSSR count). The minimum absolute atomic E-state index is 0.0892. The fourth-order valence-electron chi connectivity index (χ4n) is 4.78. The van der Waals surface area contributed by atoms with Crippen molar-refractivity contribution in [2.75, 3.05) is 13.2 Å². The molecule has 1 saturated heterocycles.